The maximum atomic E-state index is 11.8. The largest absolute Gasteiger partial charge is 0.260 e. The Morgan fingerprint density at radius 3 is 2.82 bits per heavy atom. The maximum absolute atomic E-state index is 11.8. The molecule has 0 bridgehead atoms. The Labute approximate surface area is 71.6 Å². The van der Waals surface area contributed by atoms with Crippen molar-refractivity contribution in [2.75, 3.05) is 0 Å². The fourth-order valence-electron chi connectivity index (χ4n) is 0.715. The highest BCUT2D eigenvalue weighted by Gasteiger charge is 2.07. The number of rotatable bonds is 2. The molecular formula is C7H6BrF2N. The van der Waals surface area contributed by atoms with Gasteiger partial charge in [0.1, 0.15) is 0 Å². The molecule has 0 aliphatic carbocycles. The fraction of sp³-hybridized carbons (Fsp3) is 0.286. The Hall–Kier alpha value is -0.510. The standard InChI is InChI=1S/C7H6BrF2N/c8-5-2-1-3-11-6(5)4-7(9)10/h1-3,7H,4H2. The van der Waals surface area contributed by atoms with E-state index in [0.29, 0.717) is 10.2 Å². The average molecular weight is 222 g/mol. The third-order valence-corrected chi connectivity index (χ3v) is 1.90. The third-order valence-electron chi connectivity index (χ3n) is 1.18. The summed E-state index contributed by atoms with van der Waals surface area (Å²) >= 11 is 3.13. The van der Waals surface area contributed by atoms with Gasteiger partial charge in [-0.2, -0.15) is 0 Å². The van der Waals surface area contributed by atoms with Crippen molar-refractivity contribution in [3.05, 3.63) is 28.5 Å². The summed E-state index contributed by atoms with van der Waals surface area (Å²) in [6.45, 7) is 0. The summed E-state index contributed by atoms with van der Waals surface area (Å²) in [5.74, 6) is 0. The van der Waals surface area contributed by atoms with E-state index in [1.54, 1.807) is 12.1 Å². The minimum Gasteiger partial charge on any atom is -0.260 e. The molecule has 1 rings (SSSR count). The van der Waals surface area contributed by atoms with Crippen molar-refractivity contribution in [1.29, 1.82) is 0 Å². The zero-order chi connectivity index (χ0) is 8.27. The summed E-state index contributed by atoms with van der Waals surface area (Å²) < 4.78 is 24.3. The zero-order valence-electron chi connectivity index (χ0n) is 5.60. The molecule has 1 aromatic heterocycles. The van der Waals surface area contributed by atoms with Gasteiger partial charge in [0, 0.05) is 10.7 Å². The summed E-state index contributed by atoms with van der Waals surface area (Å²) in [5.41, 5.74) is 0.405. The summed E-state index contributed by atoms with van der Waals surface area (Å²) in [7, 11) is 0. The van der Waals surface area contributed by atoms with Crippen LogP contribution in [0.25, 0.3) is 0 Å². The van der Waals surface area contributed by atoms with E-state index in [1.807, 2.05) is 0 Å². The highest BCUT2D eigenvalue weighted by Crippen LogP contribution is 2.15. The Bertz CT molecular complexity index is 240. The van der Waals surface area contributed by atoms with Crippen LogP contribution in [0.4, 0.5) is 8.78 Å². The van der Waals surface area contributed by atoms with Crippen LogP contribution in [0.15, 0.2) is 22.8 Å². The molecule has 0 atom stereocenters. The summed E-state index contributed by atoms with van der Waals surface area (Å²) in [4.78, 5) is 3.79. The Morgan fingerprint density at radius 2 is 2.27 bits per heavy atom. The average Bonchev–Trinajstić information content (AvgIpc) is 1.93. The smallest absolute Gasteiger partial charge is 0.244 e. The predicted octanol–water partition coefficient (Wildman–Crippen LogP) is 2.65. The van der Waals surface area contributed by atoms with Gasteiger partial charge in [0.25, 0.3) is 0 Å². The normalized spacial score (nSPS) is 10.5. The number of hydrogen-bond donors (Lipinski definition) is 0. The Balaban J connectivity index is 2.78. The summed E-state index contributed by atoms with van der Waals surface area (Å²) in [6, 6.07) is 3.39. The van der Waals surface area contributed by atoms with Crippen LogP contribution in [0.3, 0.4) is 0 Å². The molecule has 60 valence electrons. The molecule has 0 amide bonds. The molecule has 0 aromatic carbocycles. The Morgan fingerprint density at radius 1 is 1.55 bits per heavy atom. The SMILES string of the molecule is FC(F)Cc1ncccc1Br. The number of nitrogens with zero attached hydrogens (tertiary/aromatic N) is 1. The van der Waals surface area contributed by atoms with Gasteiger partial charge in [0.05, 0.1) is 12.1 Å². The van der Waals surface area contributed by atoms with Gasteiger partial charge in [-0.05, 0) is 28.1 Å². The highest BCUT2D eigenvalue weighted by molar-refractivity contribution is 9.10. The van der Waals surface area contributed by atoms with Crippen LogP contribution < -0.4 is 0 Å². The molecule has 0 fully saturated rings. The van der Waals surface area contributed by atoms with Gasteiger partial charge in [-0.15, -0.1) is 0 Å². The lowest BCUT2D eigenvalue weighted by Gasteiger charge is -2.00. The molecule has 0 saturated carbocycles. The molecular weight excluding hydrogens is 216 g/mol. The topological polar surface area (TPSA) is 12.9 Å². The number of halogens is 3. The van der Waals surface area contributed by atoms with Gasteiger partial charge in [-0.25, -0.2) is 8.78 Å². The van der Waals surface area contributed by atoms with Crippen LogP contribution >= 0.6 is 15.9 Å². The van der Waals surface area contributed by atoms with E-state index in [9.17, 15) is 8.78 Å². The first-order chi connectivity index (χ1) is 5.20. The summed E-state index contributed by atoms with van der Waals surface area (Å²) in [6.07, 6.45) is -1.12. The van der Waals surface area contributed by atoms with Crippen LogP contribution in [0, 0.1) is 0 Å². The maximum Gasteiger partial charge on any atom is 0.244 e. The van der Waals surface area contributed by atoms with Crippen LogP contribution in [-0.4, -0.2) is 11.4 Å². The molecule has 0 spiro atoms. The van der Waals surface area contributed by atoms with Crippen LogP contribution in [0.5, 0.6) is 0 Å². The second kappa shape index (κ2) is 3.76. The van der Waals surface area contributed by atoms with Crippen molar-refractivity contribution in [3.8, 4) is 0 Å². The van der Waals surface area contributed by atoms with E-state index < -0.39 is 6.43 Å². The number of pyridine rings is 1. The lowest BCUT2D eigenvalue weighted by molar-refractivity contribution is 0.147. The minimum atomic E-state index is -2.33. The molecule has 1 heterocycles. The van der Waals surface area contributed by atoms with Crippen LogP contribution in [-0.2, 0) is 6.42 Å². The van der Waals surface area contributed by atoms with Gasteiger partial charge in [0.2, 0.25) is 6.43 Å². The lowest BCUT2D eigenvalue weighted by Crippen LogP contribution is -1.99. The molecule has 0 aliphatic rings. The van der Waals surface area contributed by atoms with Crippen molar-refractivity contribution in [2.45, 2.75) is 12.8 Å². The molecule has 11 heavy (non-hydrogen) atoms. The first kappa shape index (κ1) is 8.59. The van der Waals surface area contributed by atoms with E-state index in [-0.39, 0.29) is 6.42 Å². The molecule has 0 saturated heterocycles. The van der Waals surface area contributed by atoms with E-state index >= 15 is 0 Å². The van der Waals surface area contributed by atoms with Gasteiger partial charge in [0.15, 0.2) is 0 Å². The van der Waals surface area contributed by atoms with Crippen molar-refractivity contribution < 1.29 is 8.78 Å². The molecule has 0 N–H and O–H groups in total. The predicted molar refractivity (Wildman–Crippen MR) is 41.6 cm³/mol. The molecule has 0 radical (unpaired) electrons. The zero-order valence-corrected chi connectivity index (χ0v) is 7.18. The van der Waals surface area contributed by atoms with Gasteiger partial charge < -0.3 is 0 Å². The van der Waals surface area contributed by atoms with Crippen molar-refractivity contribution >= 4 is 15.9 Å². The second-order valence-electron chi connectivity index (χ2n) is 2.03. The van der Waals surface area contributed by atoms with Crippen molar-refractivity contribution in [1.82, 2.24) is 4.98 Å². The third kappa shape index (κ3) is 2.54. The number of aromatic nitrogens is 1. The molecule has 1 aromatic rings. The van der Waals surface area contributed by atoms with E-state index in [2.05, 4.69) is 20.9 Å². The van der Waals surface area contributed by atoms with E-state index in [4.69, 9.17) is 0 Å². The van der Waals surface area contributed by atoms with E-state index in [0.717, 1.165) is 0 Å². The highest BCUT2D eigenvalue weighted by atomic mass is 79.9. The van der Waals surface area contributed by atoms with Gasteiger partial charge in [-0.3, -0.25) is 4.98 Å². The minimum absolute atomic E-state index is 0.290. The van der Waals surface area contributed by atoms with Crippen LogP contribution in [0.2, 0.25) is 0 Å². The monoisotopic (exact) mass is 221 g/mol. The van der Waals surface area contributed by atoms with Crippen molar-refractivity contribution in [3.63, 3.8) is 0 Å². The van der Waals surface area contributed by atoms with Crippen LogP contribution in [0.1, 0.15) is 5.69 Å². The van der Waals surface area contributed by atoms with Crippen molar-refractivity contribution in [2.24, 2.45) is 0 Å². The molecule has 4 heteroatoms. The van der Waals surface area contributed by atoms with E-state index in [1.165, 1.54) is 6.20 Å². The molecule has 1 nitrogen and oxygen atoms in total. The first-order valence-electron chi connectivity index (χ1n) is 3.07. The quantitative estimate of drug-likeness (QED) is 0.749. The second-order valence-corrected chi connectivity index (χ2v) is 2.88. The first-order valence-corrected chi connectivity index (χ1v) is 3.87. The number of alkyl halides is 2. The molecule has 0 aliphatic heterocycles. The Kier molecular flexibility index (Phi) is 2.93. The van der Waals surface area contributed by atoms with Gasteiger partial charge in [-0.1, -0.05) is 0 Å². The fourth-order valence-corrected chi connectivity index (χ4v) is 1.13. The van der Waals surface area contributed by atoms with Gasteiger partial charge >= 0.3 is 0 Å². The lowest BCUT2D eigenvalue weighted by atomic mass is 10.3. The summed E-state index contributed by atoms with van der Waals surface area (Å²) in [5, 5.41) is 0. The number of hydrogen-bond acceptors (Lipinski definition) is 1. The molecule has 0 unspecified atom stereocenters.